The third kappa shape index (κ3) is 11.3. The van der Waals surface area contributed by atoms with Gasteiger partial charge in [-0.25, -0.2) is 0 Å². The van der Waals surface area contributed by atoms with Gasteiger partial charge >= 0.3 is 0 Å². The predicted octanol–water partition coefficient (Wildman–Crippen LogP) is 15.6. The van der Waals surface area contributed by atoms with Crippen molar-refractivity contribution in [2.45, 2.75) is 216 Å². The molecule has 0 heterocycles. The standard InChI is InChI=1S/2C20H28O3.2C20H26O3/c4*1-20-8-7-15-14-4-3-13(21)10-16(14)12(11-23-2)9-17(15)18(20)5-6-19(20)22/h2*3-4,10,12,15,17-19,21-22H,5-9,11H2,1-2H3;2*3-4,10,12,15,17-18,21H,5-9,11H2,1-2H3/t12-,15+,17+,18-,19-,20-;12-,15-,17-,18+,19+,20+;12-,15+,17+,18-,20-;12-,15-,17-,18+,20+/m0101/s1. The Labute approximate surface area is 548 Å². The Morgan fingerprint density at radius 3 is 0.913 bits per heavy atom. The summed E-state index contributed by atoms with van der Waals surface area (Å²) in [7, 11) is 7.02. The van der Waals surface area contributed by atoms with Gasteiger partial charge in [0.25, 0.3) is 0 Å². The molecule has 12 aliphatic rings. The molecule has 12 heteroatoms. The maximum absolute atomic E-state index is 12.4. The first-order valence-electron chi connectivity index (χ1n) is 35.9. The number of carbonyl (C=O) groups excluding carboxylic acids is 2. The zero-order valence-corrected chi connectivity index (χ0v) is 56.4. The summed E-state index contributed by atoms with van der Waals surface area (Å²) in [6.45, 7) is 11.8. The Balaban J connectivity index is 0.000000112. The molecule has 0 amide bonds. The fraction of sp³-hybridized carbons (Fsp3) is 0.675. The number of benzene rings is 4. The van der Waals surface area contributed by atoms with E-state index in [1.165, 1.54) is 44.5 Å². The molecular weight excluding hydrogens is 1150 g/mol. The van der Waals surface area contributed by atoms with E-state index in [1.54, 1.807) is 28.4 Å². The number of ether oxygens (including phenoxy) is 4. The van der Waals surface area contributed by atoms with Crippen LogP contribution >= 0.6 is 0 Å². The van der Waals surface area contributed by atoms with Gasteiger partial charge in [0.1, 0.15) is 34.6 Å². The first-order valence-corrected chi connectivity index (χ1v) is 35.9. The monoisotopic (exact) mass is 1260 g/mol. The molecule has 12 aliphatic carbocycles. The van der Waals surface area contributed by atoms with E-state index < -0.39 is 0 Å². The highest BCUT2D eigenvalue weighted by Crippen LogP contribution is 2.67. The van der Waals surface area contributed by atoms with Crippen molar-refractivity contribution in [3.05, 3.63) is 117 Å². The fourth-order valence-electron chi connectivity index (χ4n) is 23.8. The molecule has 0 spiro atoms. The number of aliphatic hydroxyl groups is 2. The summed E-state index contributed by atoms with van der Waals surface area (Å²) >= 11 is 0. The van der Waals surface area contributed by atoms with Crippen LogP contribution in [0.2, 0.25) is 0 Å². The Morgan fingerprint density at radius 2 is 0.630 bits per heavy atom. The van der Waals surface area contributed by atoms with Crippen LogP contribution in [-0.4, -0.2) is 109 Å². The highest BCUT2D eigenvalue weighted by atomic mass is 16.5. The quantitative estimate of drug-likeness (QED) is 0.0980. The number of fused-ring (bicyclic) bond motifs is 20. The van der Waals surface area contributed by atoms with E-state index in [9.17, 15) is 40.2 Å². The lowest BCUT2D eigenvalue weighted by molar-refractivity contribution is -0.130. The number of carbonyl (C=O) groups is 2. The number of rotatable bonds is 8. The van der Waals surface area contributed by atoms with E-state index in [1.807, 2.05) is 48.5 Å². The van der Waals surface area contributed by atoms with Crippen LogP contribution in [-0.2, 0) is 28.5 Å². The number of Topliss-reactive ketones (excluding diaryl/α,β-unsaturated/α-hetero) is 2. The number of hydrogen-bond acceptors (Lipinski definition) is 12. The van der Waals surface area contributed by atoms with Gasteiger partial charge in [-0.3, -0.25) is 9.59 Å². The van der Waals surface area contributed by atoms with Crippen molar-refractivity contribution in [1.82, 2.24) is 0 Å². The van der Waals surface area contributed by atoms with Crippen molar-refractivity contribution in [2.24, 2.45) is 69.0 Å². The van der Waals surface area contributed by atoms with Crippen molar-refractivity contribution in [3.8, 4) is 23.0 Å². The molecule has 0 bridgehead atoms. The minimum absolute atomic E-state index is 0.0901. The molecule has 500 valence electrons. The Hall–Kier alpha value is -4.82. The maximum atomic E-state index is 12.4. The summed E-state index contributed by atoms with van der Waals surface area (Å²) in [5.41, 5.74) is 10.8. The van der Waals surface area contributed by atoms with E-state index in [0.29, 0.717) is 156 Å². The Kier molecular flexibility index (Phi) is 18.6. The molecule has 0 aromatic heterocycles. The first-order chi connectivity index (χ1) is 44.2. The largest absolute Gasteiger partial charge is 0.508 e. The van der Waals surface area contributed by atoms with Crippen molar-refractivity contribution in [2.75, 3.05) is 54.9 Å². The van der Waals surface area contributed by atoms with Gasteiger partial charge in [0.15, 0.2) is 0 Å². The molecular formula is C80H108O12. The molecule has 0 radical (unpaired) electrons. The second kappa shape index (κ2) is 26.0. The number of aromatic hydroxyl groups is 4. The third-order valence-corrected chi connectivity index (χ3v) is 28.4. The van der Waals surface area contributed by atoms with Crippen molar-refractivity contribution in [3.63, 3.8) is 0 Å². The SMILES string of the molecule is COC[C@@H]1C[C@@H]2[C@H](CC[C@]3(C)C(=O)CC[C@@H]23)c2ccc(O)cc21.COC[C@@H]1C[C@@H]2[C@H](CC[C@]3(C)[C@@H](O)CC[C@@H]23)c2ccc(O)cc21.COC[C@H]1C[C@@H]2[C@H](CC[C@]3(C)C(=O)CC[C@@H]23)c2ccc(O)cc21.COC[C@H]1C[C@@H]2[C@H](CC[C@]3(C)[C@@H](O)CC[C@@H]23)c2ccc(O)cc21. The minimum Gasteiger partial charge on any atom is -0.508 e. The molecule has 12 nitrogen and oxygen atoms in total. The van der Waals surface area contributed by atoms with Gasteiger partial charge in [-0.05, 0) is 290 Å². The lowest BCUT2D eigenvalue weighted by Crippen LogP contribution is -2.44. The van der Waals surface area contributed by atoms with Crippen LogP contribution < -0.4 is 0 Å². The zero-order valence-electron chi connectivity index (χ0n) is 56.4. The molecule has 92 heavy (non-hydrogen) atoms. The van der Waals surface area contributed by atoms with Crippen LogP contribution in [0.5, 0.6) is 23.0 Å². The number of phenolic OH excluding ortho intramolecular Hbond substituents is 4. The topological polar surface area (TPSA) is 192 Å². The first kappa shape index (κ1) is 65.8. The molecule has 16 rings (SSSR count). The highest BCUT2D eigenvalue weighted by Gasteiger charge is 2.60. The van der Waals surface area contributed by atoms with Crippen LogP contribution in [0.4, 0.5) is 0 Å². The minimum atomic E-state index is -0.129. The number of aliphatic hydroxyl groups excluding tert-OH is 2. The molecule has 22 atom stereocenters. The molecule has 4 aromatic rings. The number of phenols is 4. The van der Waals surface area contributed by atoms with Gasteiger partial charge in [-0.1, -0.05) is 52.0 Å². The van der Waals surface area contributed by atoms with Gasteiger partial charge in [-0.15, -0.1) is 0 Å². The smallest absolute Gasteiger partial charge is 0.139 e. The van der Waals surface area contributed by atoms with Gasteiger partial charge < -0.3 is 49.6 Å². The molecule has 0 unspecified atom stereocenters. The Morgan fingerprint density at radius 1 is 0.359 bits per heavy atom. The normalized spacial score (nSPS) is 40.4. The molecule has 0 saturated heterocycles. The van der Waals surface area contributed by atoms with E-state index >= 15 is 0 Å². The van der Waals surface area contributed by atoms with Crippen LogP contribution in [0.3, 0.4) is 0 Å². The van der Waals surface area contributed by atoms with E-state index in [2.05, 4.69) is 52.0 Å². The summed E-state index contributed by atoms with van der Waals surface area (Å²) < 4.78 is 21.9. The van der Waals surface area contributed by atoms with Crippen molar-refractivity contribution in [1.29, 1.82) is 0 Å². The number of hydrogen-bond donors (Lipinski definition) is 6. The molecule has 8 fully saturated rings. The summed E-state index contributed by atoms with van der Waals surface area (Å²) in [5.74, 6) is 10.8. The summed E-state index contributed by atoms with van der Waals surface area (Å²) in [6.07, 6.45) is 20.9. The molecule has 0 aliphatic heterocycles. The van der Waals surface area contributed by atoms with Gasteiger partial charge in [0.05, 0.1) is 38.6 Å². The fourth-order valence-corrected chi connectivity index (χ4v) is 23.8. The lowest BCUT2D eigenvalue weighted by atomic mass is 9.54. The van der Waals surface area contributed by atoms with E-state index in [-0.39, 0.29) is 33.9 Å². The molecule has 4 aromatic carbocycles. The molecule has 8 saturated carbocycles. The van der Waals surface area contributed by atoms with Gasteiger partial charge in [0, 0.05) is 75.8 Å². The zero-order chi connectivity index (χ0) is 64.8. The summed E-state index contributed by atoms with van der Waals surface area (Å²) in [4.78, 5) is 24.9. The summed E-state index contributed by atoms with van der Waals surface area (Å²) in [5, 5.41) is 60.7. The van der Waals surface area contributed by atoms with Gasteiger partial charge in [0.2, 0.25) is 0 Å². The molecule has 6 N–H and O–H groups in total. The van der Waals surface area contributed by atoms with Crippen LogP contribution in [0, 0.1) is 69.0 Å². The number of methoxy groups -OCH3 is 4. The predicted molar refractivity (Wildman–Crippen MR) is 357 cm³/mol. The second-order valence-electron chi connectivity index (χ2n) is 32.4. The van der Waals surface area contributed by atoms with Crippen molar-refractivity contribution < 1.29 is 59.2 Å². The summed E-state index contributed by atoms with van der Waals surface area (Å²) in [6, 6.07) is 23.6. The third-order valence-electron chi connectivity index (χ3n) is 28.4. The Bertz CT molecular complexity index is 3120. The maximum Gasteiger partial charge on any atom is 0.139 e. The average Bonchev–Trinajstić information content (AvgIpc) is 1.81. The average molecular weight is 1260 g/mol. The van der Waals surface area contributed by atoms with Crippen LogP contribution in [0.1, 0.15) is 248 Å². The highest BCUT2D eigenvalue weighted by molar-refractivity contribution is 5.88. The van der Waals surface area contributed by atoms with Crippen molar-refractivity contribution >= 4 is 11.6 Å². The number of ketones is 2. The van der Waals surface area contributed by atoms with Gasteiger partial charge in [-0.2, -0.15) is 0 Å². The van der Waals surface area contributed by atoms with Crippen LogP contribution in [0.25, 0.3) is 0 Å². The van der Waals surface area contributed by atoms with E-state index in [0.717, 1.165) is 128 Å². The van der Waals surface area contributed by atoms with Crippen LogP contribution in [0.15, 0.2) is 72.8 Å². The second-order valence-corrected chi connectivity index (χ2v) is 32.4. The lowest BCUT2D eigenvalue weighted by Gasteiger charge is -2.51. The van der Waals surface area contributed by atoms with E-state index in [4.69, 9.17) is 18.9 Å².